The number of carbonyl (C=O) groups is 5. The smallest absolute Gasteiger partial charge is 0.343 e. The summed E-state index contributed by atoms with van der Waals surface area (Å²) in [6.45, 7) is 11.5. The van der Waals surface area contributed by atoms with Crippen molar-refractivity contribution in [2.75, 3.05) is 94.1 Å². The van der Waals surface area contributed by atoms with Crippen LogP contribution in [0.4, 0.5) is 23.1 Å². The molecule has 0 spiro atoms. The first-order valence-corrected chi connectivity index (χ1v) is 26.8. The molecule has 1 atom stereocenters. The number of nitrogens with one attached hydrogen (secondary N) is 3. The summed E-state index contributed by atoms with van der Waals surface area (Å²) in [5.41, 5.74) is 3.31. The van der Waals surface area contributed by atoms with Gasteiger partial charge in [-0.2, -0.15) is 10.1 Å². The van der Waals surface area contributed by atoms with Crippen molar-refractivity contribution < 1.29 is 28.7 Å². The average molecular weight is 1010 g/mol. The van der Waals surface area contributed by atoms with Crippen molar-refractivity contribution in [3.05, 3.63) is 52.8 Å². The Morgan fingerprint density at radius 2 is 1.45 bits per heavy atom. The minimum absolute atomic E-state index is 0.00409. The molecule has 1 aromatic carbocycles. The van der Waals surface area contributed by atoms with Crippen LogP contribution in [0.25, 0.3) is 11.0 Å². The summed E-state index contributed by atoms with van der Waals surface area (Å²) in [7, 11) is 3.57. The van der Waals surface area contributed by atoms with Gasteiger partial charge in [0.2, 0.25) is 29.6 Å². The summed E-state index contributed by atoms with van der Waals surface area (Å²) in [4.78, 5) is 98.7. The van der Waals surface area contributed by atoms with Crippen LogP contribution in [0.3, 0.4) is 0 Å². The first kappa shape index (κ1) is 50.2. The number of imidazole rings is 1. The van der Waals surface area contributed by atoms with Crippen LogP contribution in [0.15, 0.2) is 41.6 Å². The monoisotopic (exact) mass is 1000 g/mol. The Kier molecular flexibility index (Phi) is 15.1. The Morgan fingerprint density at radius 3 is 2.10 bits per heavy atom. The van der Waals surface area contributed by atoms with Crippen LogP contribution in [0.1, 0.15) is 100 Å². The molecular formula is C52H72N14O7. The van der Waals surface area contributed by atoms with Gasteiger partial charge in [-0.15, -0.1) is 0 Å². The largest absolute Gasteiger partial charge is 0.462 e. The first-order valence-electron chi connectivity index (χ1n) is 26.8. The quantitative estimate of drug-likeness (QED) is 0.129. The van der Waals surface area contributed by atoms with Gasteiger partial charge in [0.25, 0.3) is 0 Å². The SMILES string of the molecule is CCOC(=O)c1cnc(Nc2cnn(C)c2)nc1NC1CCC(N2CCN(C(=O)C3CCC(C(=O)N4CCC(CN5CCN(c6ccc7c(c6)n(C)c(=O)n7C6CCC(=O)NC6=O)CC5)CC4)CC3)CC2)CC1. The second-order valence-electron chi connectivity index (χ2n) is 21.2. The van der Waals surface area contributed by atoms with Crippen molar-refractivity contribution in [2.24, 2.45) is 31.8 Å². The number of likely N-dealkylation sites (tertiary alicyclic amines) is 1. The number of nitrogens with zero attached hydrogens (tertiary/aromatic N) is 11. The van der Waals surface area contributed by atoms with Gasteiger partial charge < -0.3 is 30.1 Å². The molecule has 6 fully saturated rings. The fourth-order valence-corrected chi connectivity index (χ4v) is 12.4. The van der Waals surface area contributed by atoms with E-state index in [1.54, 1.807) is 29.4 Å². The molecule has 2 saturated carbocycles. The number of amides is 4. The Hall–Kier alpha value is -6.35. The van der Waals surface area contributed by atoms with Crippen LogP contribution in [-0.4, -0.2) is 169 Å². The van der Waals surface area contributed by atoms with Gasteiger partial charge in [-0.25, -0.2) is 14.6 Å². The van der Waals surface area contributed by atoms with E-state index in [1.165, 1.54) is 10.8 Å². The fourth-order valence-electron chi connectivity index (χ4n) is 12.4. The molecule has 1 unspecified atom stereocenters. The lowest BCUT2D eigenvalue weighted by Crippen LogP contribution is -2.54. The summed E-state index contributed by atoms with van der Waals surface area (Å²) < 4.78 is 10.1. The lowest BCUT2D eigenvalue weighted by molar-refractivity contribution is -0.143. The van der Waals surface area contributed by atoms with E-state index < -0.39 is 17.9 Å². The van der Waals surface area contributed by atoms with E-state index in [2.05, 4.69) is 55.5 Å². The molecule has 21 heteroatoms. The van der Waals surface area contributed by atoms with E-state index in [-0.39, 0.29) is 54.3 Å². The molecule has 4 amide bonds. The number of anilines is 4. The highest BCUT2D eigenvalue weighted by atomic mass is 16.5. The van der Waals surface area contributed by atoms with Crippen LogP contribution < -0.4 is 26.5 Å². The second kappa shape index (κ2) is 22.0. The van der Waals surface area contributed by atoms with Crippen molar-refractivity contribution in [2.45, 2.75) is 102 Å². The van der Waals surface area contributed by atoms with E-state index in [0.717, 1.165) is 153 Å². The lowest BCUT2D eigenvalue weighted by atomic mass is 9.80. The van der Waals surface area contributed by atoms with Gasteiger partial charge >= 0.3 is 11.7 Å². The molecule has 0 bridgehead atoms. The molecule has 4 aliphatic heterocycles. The highest BCUT2D eigenvalue weighted by molar-refractivity contribution is 6.00. The molecule has 7 heterocycles. The number of fused-ring (bicyclic) bond motifs is 1. The molecule has 3 aromatic heterocycles. The predicted octanol–water partition coefficient (Wildman–Crippen LogP) is 3.50. The van der Waals surface area contributed by atoms with Crippen LogP contribution in [0.5, 0.6) is 0 Å². The number of piperidine rings is 2. The minimum atomic E-state index is -0.701. The second-order valence-corrected chi connectivity index (χ2v) is 21.2. The number of aryl methyl sites for hydroxylation is 2. The number of rotatable bonds is 13. The first-order chi connectivity index (χ1) is 35.4. The lowest BCUT2D eigenvalue weighted by Gasteiger charge is -2.43. The maximum Gasteiger partial charge on any atom is 0.343 e. The van der Waals surface area contributed by atoms with E-state index >= 15 is 0 Å². The number of esters is 1. The summed E-state index contributed by atoms with van der Waals surface area (Å²) in [5.74, 6) is 0.720. The van der Waals surface area contributed by atoms with Gasteiger partial charge in [0.05, 0.1) is 29.5 Å². The number of piperazine rings is 2. The van der Waals surface area contributed by atoms with Gasteiger partial charge in [-0.1, -0.05) is 0 Å². The van der Waals surface area contributed by atoms with Crippen LogP contribution in [-0.2, 0) is 38.0 Å². The molecule has 4 saturated heterocycles. The molecule has 10 rings (SSSR count). The fraction of sp³-hybridized carbons (Fsp3) is 0.635. The van der Waals surface area contributed by atoms with Gasteiger partial charge in [-0.05, 0) is 102 Å². The summed E-state index contributed by atoms with van der Waals surface area (Å²) in [6.07, 6.45) is 14.6. The van der Waals surface area contributed by atoms with Crippen molar-refractivity contribution in [1.29, 1.82) is 0 Å². The van der Waals surface area contributed by atoms with Gasteiger partial charge in [0.1, 0.15) is 17.4 Å². The van der Waals surface area contributed by atoms with Crippen molar-refractivity contribution in [3.63, 3.8) is 0 Å². The Bertz CT molecular complexity index is 2710. The number of carbonyl (C=O) groups excluding carboxylic acids is 5. The van der Waals surface area contributed by atoms with Crippen LogP contribution in [0, 0.1) is 17.8 Å². The predicted molar refractivity (Wildman–Crippen MR) is 274 cm³/mol. The molecule has 0 radical (unpaired) electrons. The minimum Gasteiger partial charge on any atom is -0.462 e. The third-order valence-electron chi connectivity index (χ3n) is 16.6. The topological polar surface area (TPSA) is 217 Å². The zero-order valence-corrected chi connectivity index (χ0v) is 42.7. The normalized spacial score (nSPS) is 24.9. The van der Waals surface area contributed by atoms with Crippen molar-refractivity contribution in [1.82, 2.24) is 53.8 Å². The Balaban J connectivity index is 0.619. The number of imide groups is 1. The molecule has 3 N–H and O–H groups in total. The molecule has 6 aliphatic rings. The average Bonchev–Trinajstić information content (AvgIpc) is 3.93. The van der Waals surface area contributed by atoms with Gasteiger partial charge in [0, 0.05) is 135 Å². The molecule has 2 aliphatic carbocycles. The summed E-state index contributed by atoms with van der Waals surface area (Å²) >= 11 is 0. The van der Waals surface area contributed by atoms with E-state index in [1.807, 2.05) is 31.4 Å². The Morgan fingerprint density at radius 1 is 0.767 bits per heavy atom. The third kappa shape index (κ3) is 11.1. The highest BCUT2D eigenvalue weighted by Gasteiger charge is 2.38. The van der Waals surface area contributed by atoms with E-state index in [9.17, 15) is 28.8 Å². The van der Waals surface area contributed by atoms with Gasteiger partial charge in [-0.3, -0.25) is 48.1 Å². The number of ether oxygens (including phenoxy) is 1. The summed E-state index contributed by atoms with van der Waals surface area (Å²) in [6, 6.07) is 5.88. The third-order valence-corrected chi connectivity index (χ3v) is 16.6. The number of hydrogen-bond donors (Lipinski definition) is 3. The number of hydrogen-bond acceptors (Lipinski definition) is 15. The maximum absolute atomic E-state index is 13.8. The van der Waals surface area contributed by atoms with E-state index in [4.69, 9.17) is 4.74 Å². The van der Waals surface area contributed by atoms with Crippen LogP contribution >= 0.6 is 0 Å². The number of aromatic nitrogens is 6. The number of benzene rings is 1. The highest BCUT2D eigenvalue weighted by Crippen LogP contribution is 2.34. The molecule has 21 nitrogen and oxygen atoms in total. The van der Waals surface area contributed by atoms with Crippen molar-refractivity contribution in [3.8, 4) is 0 Å². The van der Waals surface area contributed by atoms with Crippen molar-refractivity contribution >= 4 is 63.8 Å². The molecule has 392 valence electrons. The van der Waals surface area contributed by atoms with Crippen LogP contribution in [0.2, 0.25) is 0 Å². The Labute approximate surface area is 425 Å². The molecular weight excluding hydrogens is 933 g/mol. The summed E-state index contributed by atoms with van der Waals surface area (Å²) in [5, 5.41) is 13.3. The maximum atomic E-state index is 13.8. The van der Waals surface area contributed by atoms with E-state index in [0.29, 0.717) is 41.2 Å². The standard InChI is InChI=1S/C52H72N14O7/c1-4-73-50(71)41-31-53-51(56-38-30-54-59(2)33-38)58-46(41)55-37-9-11-39(12-10-37)62-25-27-65(28-26-62)49(70)36-7-5-35(6-8-36)48(69)64-19-17-34(18-20-64)32-61-21-23-63(24-22-61)40-13-14-42-44(29-40)60(3)52(72)66(42)43-15-16-45(67)57-47(43)68/h13-14,29-31,33-37,39,43H,4-12,15-28,32H2,1-3H3,(H,57,67,68)(H2,53,55,56,58). The zero-order chi connectivity index (χ0) is 50.8. The molecule has 73 heavy (non-hydrogen) atoms. The zero-order valence-electron chi connectivity index (χ0n) is 42.7. The molecule has 4 aromatic rings. The van der Waals surface area contributed by atoms with Gasteiger partial charge in [0.15, 0.2) is 0 Å².